The van der Waals surface area contributed by atoms with E-state index < -0.39 is 0 Å². The molecular formula is C17H29Cl2N3O2. The number of nitrogens with zero attached hydrogens (tertiary/aromatic N) is 1. The number of nitrogens with one attached hydrogen (secondary N) is 2. The number of halogens is 2. The summed E-state index contributed by atoms with van der Waals surface area (Å²) in [6.07, 6.45) is 1.43. The predicted molar refractivity (Wildman–Crippen MR) is 102 cm³/mol. The molecule has 1 aliphatic heterocycles. The molecule has 0 bridgehead atoms. The molecular weight excluding hydrogens is 349 g/mol. The molecule has 138 valence electrons. The Bertz CT molecular complexity index is 443. The average molecular weight is 378 g/mol. The van der Waals surface area contributed by atoms with Crippen LogP contribution in [0.3, 0.4) is 0 Å². The minimum Gasteiger partial charge on any atom is -0.379 e. The number of carbonyl (C=O) groups excluding carboxylic acids is 1. The number of hydrogen-bond acceptors (Lipinski definition) is 4. The van der Waals surface area contributed by atoms with Gasteiger partial charge in [-0.2, -0.15) is 0 Å². The van der Waals surface area contributed by atoms with Gasteiger partial charge in [-0.05, 0) is 25.6 Å². The summed E-state index contributed by atoms with van der Waals surface area (Å²) in [5.41, 5.74) is 1.16. The van der Waals surface area contributed by atoms with Gasteiger partial charge in [0, 0.05) is 26.1 Å². The number of amides is 1. The van der Waals surface area contributed by atoms with Gasteiger partial charge in [0.15, 0.2) is 0 Å². The SMILES string of the molecule is CNCCCC(=O)NC(CN1CCOCC1)c1ccccc1.Cl.Cl. The zero-order valence-electron chi connectivity index (χ0n) is 14.2. The Morgan fingerprint density at radius 1 is 1.21 bits per heavy atom. The first-order chi connectivity index (χ1) is 10.8. The molecule has 1 aromatic carbocycles. The van der Waals surface area contributed by atoms with E-state index in [1.54, 1.807) is 0 Å². The van der Waals surface area contributed by atoms with Gasteiger partial charge in [0.2, 0.25) is 5.91 Å². The van der Waals surface area contributed by atoms with Crippen LogP contribution >= 0.6 is 24.8 Å². The fourth-order valence-corrected chi connectivity index (χ4v) is 2.65. The van der Waals surface area contributed by atoms with E-state index in [1.807, 2.05) is 25.2 Å². The summed E-state index contributed by atoms with van der Waals surface area (Å²) in [6, 6.07) is 10.3. The summed E-state index contributed by atoms with van der Waals surface area (Å²) in [6.45, 7) is 5.12. The average Bonchev–Trinajstić information content (AvgIpc) is 2.56. The maximum absolute atomic E-state index is 12.2. The van der Waals surface area contributed by atoms with Crippen molar-refractivity contribution in [3.05, 3.63) is 35.9 Å². The molecule has 0 radical (unpaired) electrons. The zero-order chi connectivity index (χ0) is 15.6. The molecule has 1 amide bonds. The third kappa shape index (κ3) is 8.31. The van der Waals surface area contributed by atoms with Gasteiger partial charge in [-0.25, -0.2) is 0 Å². The largest absolute Gasteiger partial charge is 0.379 e. The molecule has 1 unspecified atom stereocenters. The van der Waals surface area contributed by atoms with Crippen LogP contribution in [0.25, 0.3) is 0 Å². The zero-order valence-corrected chi connectivity index (χ0v) is 15.8. The number of carbonyl (C=O) groups is 1. The number of ether oxygens (including phenoxy) is 1. The van der Waals surface area contributed by atoms with Gasteiger partial charge in [0.25, 0.3) is 0 Å². The molecule has 5 nitrogen and oxygen atoms in total. The van der Waals surface area contributed by atoms with E-state index >= 15 is 0 Å². The Balaban J connectivity index is 0.00000264. The van der Waals surface area contributed by atoms with Gasteiger partial charge >= 0.3 is 0 Å². The minimum absolute atomic E-state index is 0. The molecule has 2 rings (SSSR count). The number of benzene rings is 1. The van der Waals surface area contributed by atoms with Gasteiger partial charge < -0.3 is 15.4 Å². The van der Waals surface area contributed by atoms with Crippen molar-refractivity contribution < 1.29 is 9.53 Å². The Morgan fingerprint density at radius 3 is 2.50 bits per heavy atom. The van der Waals surface area contributed by atoms with Crippen molar-refractivity contribution in [3.63, 3.8) is 0 Å². The van der Waals surface area contributed by atoms with Crippen LogP contribution in [0.1, 0.15) is 24.4 Å². The van der Waals surface area contributed by atoms with Crippen LogP contribution in [-0.4, -0.2) is 57.2 Å². The summed E-state index contributed by atoms with van der Waals surface area (Å²) in [5.74, 6) is 0.123. The molecule has 2 N–H and O–H groups in total. The molecule has 0 aromatic heterocycles. The molecule has 0 aliphatic carbocycles. The van der Waals surface area contributed by atoms with Crippen LogP contribution in [-0.2, 0) is 9.53 Å². The first-order valence-electron chi connectivity index (χ1n) is 8.08. The summed E-state index contributed by atoms with van der Waals surface area (Å²) < 4.78 is 5.40. The highest BCUT2D eigenvalue weighted by atomic mass is 35.5. The fraction of sp³-hybridized carbons (Fsp3) is 0.588. The van der Waals surface area contributed by atoms with Crippen LogP contribution in [0.2, 0.25) is 0 Å². The molecule has 1 heterocycles. The highest BCUT2D eigenvalue weighted by molar-refractivity contribution is 5.85. The lowest BCUT2D eigenvalue weighted by atomic mass is 10.1. The van der Waals surface area contributed by atoms with E-state index in [-0.39, 0.29) is 36.8 Å². The molecule has 0 spiro atoms. The van der Waals surface area contributed by atoms with Crippen molar-refractivity contribution in [1.29, 1.82) is 0 Å². The van der Waals surface area contributed by atoms with Gasteiger partial charge in [-0.1, -0.05) is 30.3 Å². The third-order valence-electron chi connectivity index (χ3n) is 3.91. The molecule has 1 aliphatic rings. The highest BCUT2D eigenvalue weighted by Gasteiger charge is 2.19. The number of morpholine rings is 1. The van der Waals surface area contributed by atoms with Crippen molar-refractivity contribution in [2.24, 2.45) is 0 Å². The van der Waals surface area contributed by atoms with E-state index in [0.717, 1.165) is 51.4 Å². The second-order valence-corrected chi connectivity index (χ2v) is 5.65. The van der Waals surface area contributed by atoms with E-state index in [0.29, 0.717) is 6.42 Å². The van der Waals surface area contributed by atoms with Crippen LogP contribution in [0.15, 0.2) is 30.3 Å². The van der Waals surface area contributed by atoms with Crippen molar-refractivity contribution in [1.82, 2.24) is 15.5 Å². The van der Waals surface area contributed by atoms with Crippen LogP contribution in [0, 0.1) is 0 Å². The summed E-state index contributed by atoms with van der Waals surface area (Å²) >= 11 is 0. The van der Waals surface area contributed by atoms with Crippen molar-refractivity contribution in [3.8, 4) is 0 Å². The lowest BCUT2D eigenvalue weighted by Gasteiger charge is -2.31. The topological polar surface area (TPSA) is 53.6 Å². The second-order valence-electron chi connectivity index (χ2n) is 5.65. The first kappa shape index (κ1) is 23.1. The molecule has 24 heavy (non-hydrogen) atoms. The highest BCUT2D eigenvalue weighted by Crippen LogP contribution is 2.15. The Morgan fingerprint density at radius 2 is 1.88 bits per heavy atom. The van der Waals surface area contributed by atoms with Crippen LogP contribution in [0.5, 0.6) is 0 Å². The van der Waals surface area contributed by atoms with Gasteiger partial charge in [0.05, 0.1) is 19.3 Å². The summed E-state index contributed by atoms with van der Waals surface area (Å²) in [7, 11) is 1.91. The Labute approximate surface area is 157 Å². The molecule has 7 heteroatoms. The Kier molecular flexibility index (Phi) is 13.0. The maximum Gasteiger partial charge on any atom is 0.220 e. The van der Waals surface area contributed by atoms with E-state index in [2.05, 4.69) is 27.7 Å². The predicted octanol–water partition coefficient (Wildman–Crippen LogP) is 2.02. The lowest BCUT2D eigenvalue weighted by molar-refractivity contribution is -0.122. The normalized spacial score (nSPS) is 15.7. The van der Waals surface area contributed by atoms with Gasteiger partial charge in [0.1, 0.15) is 0 Å². The van der Waals surface area contributed by atoms with Gasteiger partial charge in [-0.3, -0.25) is 9.69 Å². The number of rotatable bonds is 8. The number of hydrogen-bond donors (Lipinski definition) is 2. The standard InChI is InChI=1S/C17H27N3O2.2ClH/c1-18-9-5-8-17(21)19-16(15-6-3-2-4-7-15)14-20-10-12-22-13-11-20;;/h2-4,6-7,16,18H,5,8-14H2,1H3,(H,19,21);2*1H. The molecule has 0 saturated carbocycles. The van der Waals surface area contributed by atoms with E-state index in [1.165, 1.54) is 0 Å². The maximum atomic E-state index is 12.2. The monoisotopic (exact) mass is 377 g/mol. The molecule has 1 saturated heterocycles. The second kappa shape index (κ2) is 13.4. The summed E-state index contributed by atoms with van der Waals surface area (Å²) in [4.78, 5) is 14.5. The van der Waals surface area contributed by atoms with Crippen molar-refractivity contribution in [2.45, 2.75) is 18.9 Å². The smallest absolute Gasteiger partial charge is 0.220 e. The quantitative estimate of drug-likeness (QED) is 0.680. The van der Waals surface area contributed by atoms with E-state index in [4.69, 9.17) is 4.74 Å². The van der Waals surface area contributed by atoms with Crippen LogP contribution in [0.4, 0.5) is 0 Å². The fourth-order valence-electron chi connectivity index (χ4n) is 2.65. The minimum atomic E-state index is 0. The summed E-state index contributed by atoms with van der Waals surface area (Å²) in [5, 5.41) is 6.26. The van der Waals surface area contributed by atoms with Gasteiger partial charge in [-0.15, -0.1) is 24.8 Å². The van der Waals surface area contributed by atoms with Crippen molar-refractivity contribution >= 4 is 30.7 Å². The van der Waals surface area contributed by atoms with E-state index in [9.17, 15) is 4.79 Å². The third-order valence-corrected chi connectivity index (χ3v) is 3.91. The first-order valence-corrected chi connectivity index (χ1v) is 8.08. The molecule has 1 atom stereocenters. The Hall–Kier alpha value is -0.850. The molecule has 1 fully saturated rings. The van der Waals surface area contributed by atoms with Crippen LogP contribution < -0.4 is 10.6 Å². The lowest BCUT2D eigenvalue weighted by Crippen LogP contribution is -2.43. The molecule has 1 aromatic rings. The van der Waals surface area contributed by atoms with Crippen molar-refractivity contribution in [2.75, 3.05) is 46.4 Å².